The van der Waals surface area contributed by atoms with Crippen LogP contribution in [0.3, 0.4) is 0 Å². The lowest BCUT2D eigenvalue weighted by atomic mass is 9.95. The highest BCUT2D eigenvalue weighted by Gasteiger charge is 2.24. The second kappa shape index (κ2) is 25.0. The van der Waals surface area contributed by atoms with E-state index in [2.05, 4.69) is 22.4 Å². The van der Waals surface area contributed by atoms with Gasteiger partial charge in [-0.1, -0.05) is 71.0 Å². The van der Waals surface area contributed by atoms with Gasteiger partial charge in [-0.25, -0.2) is 8.42 Å². The maximum Gasteiger partial charge on any atom is 0.314 e. The molecule has 0 saturated heterocycles. The predicted molar refractivity (Wildman–Crippen MR) is 223 cm³/mol. The topological polar surface area (TPSA) is 159 Å². The van der Waals surface area contributed by atoms with Crippen molar-refractivity contribution < 1.29 is 47.0 Å². The normalized spacial score (nSPS) is 12.6. The summed E-state index contributed by atoms with van der Waals surface area (Å²) in [4.78, 5) is 35.1. The van der Waals surface area contributed by atoms with Gasteiger partial charge in [0.2, 0.25) is 0 Å². The number of carboxylic acids is 1. The Morgan fingerprint density at radius 3 is 1.65 bits per heavy atom. The van der Waals surface area contributed by atoms with Crippen LogP contribution < -0.4 is 9.47 Å². The number of carbonyl (C=O) groups excluding carboxylic acids is 1. The summed E-state index contributed by atoms with van der Waals surface area (Å²) in [6, 6.07) is 33.1. The van der Waals surface area contributed by atoms with E-state index in [4.69, 9.17) is 23.9 Å². The molecule has 4 aromatic carbocycles. The number of nitrogens with zero attached hydrogens (tertiary/aromatic N) is 2. The molecule has 2 atom stereocenters. The largest absolute Gasteiger partial charge is 0.493 e. The Morgan fingerprint density at radius 2 is 1.16 bits per heavy atom. The monoisotopic (exact) mass is 820 g/mol. The number of ether oxygens (including phenoxy) is 3. The van der Waals surface area contributed by atoms with Crippen LogP contribution in [0.2, 0.25) is 0 Å². The van der Waals surface area contributed by atoms with E-state index in [9.17, 15) is 23.1 Å². The molecule has 12 nitrogen and oxygen atoms in total. The van der Waals surface area contributed by atoms with E-state index in [1.807, 2.05) is 68.4 Å². The maximum absolute atomic E-state index is 12.3. The van der Waals surface area contributed by atoms with Gasteiger partial charge in [-0.3, -0.25) is 9.59 Å². The zero-order chi connectivity index (χ0) is 41.5. The van der Waals surface area contributed by atoms with Gasteiger partial charge in [-0.05, 0) is 100 Å². The second-order valence-electron chi connectivity index (χ2n) is 12.5. The summed E-state index contributed by atoms with van der Waals surface area (Å²) < 4.78 is 40.8. The molecule has 0 aromatic heterocycles. The maximum atomic E-state index is 12.3. The van der Waals surface area contributed by atoms with Gasteiger partial charge in [-0.2, -0.15) is 0 Å². The summed E-state index contributed by atoms with van der Waals surface area (Å²) in [5, 5.41) is 17.2. The molecule has 0 heterocycles. The Bertz CT molecular complexity index is 1960. The van der Waals surface area contributed by atoms with Crippen molar-refractivity contribution in [3.63, 3.8) is 0 Å². The minimum absolute atomic E-state index is 0.0431. The molecule has 306 valence electrons. The minimum atomic E-state index is -3.39. The molecule has 2 unspecified atom stereocenters. The molecule has 0 aliphatic heterocycles. The summed E-state index contributed by atoms with van der Waals surface area (Å²) in [6.45, 7) is 8.50. The van der Waals surface area contributed by atoms with Crippen molar-refractivity contribution in [2.24, 2.45) is 22.1 Å². The van der Waals surface area contributed by atoms with Gasteiger partial charge in [-0.15, -0.1) is 11.8 Å². The third-order valence-electron chi connectivity index (χ3n) is 8.28. The van der Waals surface area contributed by atoms with E-state index in [-0.39, 0.29) is 23.2 Å². The van der Waals surface area contributed by atoms with Crippen molar-refractivity contribution in [3.05, 3.63) is 120 Å². The summed E-state index contributed by atoms with van der Waals surface area (Å²) in [5.41, 5.74) is 2.80. The molecule has 0 saturated carbocycles. The third kappa shape index (κ3) is 16.7. The molecule has 4 aromatic rings. The van der Waals surface area contributed by atoms with Gasteiger partial charge >= 0.3 is 11.9 Å². The van der Waals surface area contributed by atoms with E-state index in [1.165, 1.54) is 12.0 Å². The van der Waals surface area contributed by atoms with Crippen LogP contribution in [-0.2, 0) is 46.7 Å². The molecule has 0 amide bonds. The molecule has 4 rings (SSSR count). The molecule has 1 N–H and O–H groups in total. The molecule has 0 aliphatic rings. The van der Waals surface area contributed by atoms with Gasteiger partial charge in [0, 0.05) is 10.6 Å². The fourth-order valence-electron chi connectivity index (χ4n) is 5.18. The number of hydrogen-bond donors (Lipinski definition) is 1. The highest BCUT2D eigenvalue weighted by Crippen LogP contribution is 2.21. The number of hydrogen-bond acceptors (Lipinski definition) is 12. The van der Waals surface area contributed by atoms with E-state index >= 15 is 0 Å². The van der Waals surface area contributed by atoms with Crippen LogP contribution in [-0.4, -0.2) is 81.9 Å². The molecule has 0 aliphatic carbocycles. The number of thioether (sulfide) groups is 1. The van der Waals surface area contributed by atoms with Crippen molar-refractivity contribution in [3.8, 4) is 11.5 Å². The number of sulfone groups is 1. The minimum Gasteiger partial charge on any atom is -0.493 e. The Hall–Kier alpha value is -5.34. The molecular formula is C43H52N2O10S2. The SMILES string of the molecule is CCON=C(C)C(Cc1ccc(OCCS(=O)(=O)c2ccccc2)cc1)C(=O)OC.CCON=C(C)C(Cc1ccc(OCCSc2ccccc2)cc1)C(=O)O. The van der Waals surface area contributed by atoms with Gasteiger partial charge < -0.3 is 29.0 Å². The van der Waals surface area contributed by atoms with Gasteiger partial charge in [0.1, 0.15) is 43.2 Å². The lowest BCUT2D eigenvalue weighted by Gasteiger charge is -2.14. The Balaban J connectivity index is 0.000000307. The fourth-order valence-corrected chi connectivity index (χ4v) is 7.05. The highest BCUT2D eigenvalue weighted by molar-refractivity contribution is 7.99. The number of rotatable bonds is 22. The van der Waals surface area contributed by atoms with Crippen molar-refractivity contribution in [1.29, 1.82) is 0 Å². The van der Waals surface area contributed by atoms with Gasteiger partial charge in [0.05, 0.1) is 35.8 Å². The summed E-state index contributed by atoms with van der Waals surface area (Å²) in [6.07, 6.45) is 0.764. The van der Waals surface area contributed by atoms with Crippen LogP contribution in [0.1, 0.15) is 38.8 Å². The van der Waals surface area contributed by atoms with Crippen LogP contribution in [0.5, 0.6) is 11.5 Å². The molecule has 14 heteroatoms. The number of benzene rings is 4. The van der Waals surface area contributed by atoms with Crippen LogP contribution >= 0.6 is 11.8 Å². The number of aliphatic carboxylic acids is 1. The zero-order valence-corrected chi connectivity index (χ0v) is 34.7. The average molecular weight is 821 g/mol. The van der Waals surface area contributed by atoms with Crippen molar-refractivity contribution in [2.45, 2.75) is 50.3 Å². The quantitative estimate of drug-likeness (QED) is 0.0271. The lowest BCUT2D eigenvalue weighted by molar-refractivity contribution is -0.143. The first-order chi connectivity index (χ1) is 27.5. The first kappa shape index (κ1) is 46.0. The highest BCUT2D eigenvalue weighted by atomic mass is 32.2. The van der Waals surface area contributed by atoms with E-state index in [0.717, 1.165) is 22.6 Å². The number of carboxylic acid groups (broad SMARTS) is 1. The first-order valence-electron chi connectivity index (χ1n) is 18.5. The van der Waals surface area contributed by atoms with E-state index in [0.29, 0.717) is 49.8 Å². The van der Waals surface area contributed by atoms with Crippen LogP contribution in [0, 0.1) is 11.8 Å². The third-order valence-corrected chi connectivity index (χ3v) is 11.0. The fraction of sp³-hybridized carbons (Fsp3) is 0.349. The van der Waals surface area contributed by atoms with Crippen LogP contribution in [0.25, 0.3) is 0 Å². The lowest BCUT2D eigenvalue weighted by Crippen LogP contribution is -2.26. The van der Waals surface area contributed by atoms with Crippen LogP contribution in [0.15, 0.2) is 129 Å². The van der Waals surface area contributed by atoms with Crippen molar-refractivity contribution in [1.82, 2.24) is 0 Å². The van der Waals surface area contributed by atoms with Crippen molar-refractivity contribution >= 4 is 45.0 Å². The predicted octanol–water partition coefficient (Wildman–Crippen LogP) is 7.80. The Kier molecular flexibility index (Phi) is 20.2. The number of esters is 1. The molecule has 0 bridgehead atoms. The van der Waals surface area contributed by atoms with E-state index < -0.39 is 27.6 Å². The summed E-state index contributed by atoms with van der Waals surface area (Å²) >= 11 is 1.75. The number of oxime groups is 2. The Labute approximate surface area is 340 Å². The molecular weight excluding hydrogens is 769 g/mol. The number of methoxy groups -OCH3 is 1. The Morgan fingerprint density at radius 1 is 0.684 bits per heavy atom. The van der Waals surface area contributed by atoms with Gasteiger partial charge in [0.15, 0.2) is 9.84 Å². The first-order valence-corrected chi connectivity index (χ1v) is 21.1. The standard InChI is InChI=1S/C22H27NO6S.C21H25NO4S/c1-4-29-23-17(2)21(22(24)27-3)16-18-10-12-19(13-11-18)28-14-15-30(25,26)20-8-6-5-7-9-20;1-3-26-22-16(2)20(21(23)24)15-17-9-11-18(12-10-17)25-13-14-27-19-7-5-4-6-8-19/h5-13,21H,4,14-16H2,1-3H3;4-12,20H,3,13-15H2,1-2H3,(H,23,24). The van der Waals surface area contributed by atoms with Crippen LogP contribution in [0.4, 0.5) is 0 Å². The summed E-state index contributed by atoms with van der Waals surface area (Å²) in [5.74, 6) is -0.474. The smallest absolute Gasteiger partial charge is 0.314 e. The van der Waals surface area contributed by atoms with Crippen molar-refractivity contribution in [2.75, 3.05) is 45.0 Å². The number of carbonyl (C=O) groups is 2. The molecule has 57 heavy (non-hydrogen) atoms. The summed E-state index contributed by atoms with van der Waals surface area (Å²) in [7, 11) is -2.05. The zero-order valence-electron chi connectivity index (χ0n) is 33.0. The molecule has 0 radical (unpaired) electrons. The molecule has 0 spiro atoms. The average Bonchev–Trinajstić information content (AvgIpc) is 3.23. The molecule has 0 fully saturated rings. The second-order valence-corrected chi connectivity index (χ2v) is 15.7. The van der Waals surface area contributed by atoms with Gasteiger partial charge in [0.25, 0.3) is 0 Å². The van der Waals surface area contributed by atoms with E-state index in [1.54, 1.807) is 68.1 Å².